The minimum Gasteiger partial charge on any atom is -0.329 e. The third-order valence-corrected chi connectivity index (χ3v) is 4.53. The Balaban J connectivity index is 2.27. The normalized spacial score (nSPS) is 22.3. The minimum atomic E-state index is -0.213. The number of hydrogen-bond donors (Lipinski definition) is 1. The summed E-state index contributed by atoms with van der Waals surface area (Å²) in [7, 11) is 0. The predicted molar refractivity (Wildman–Crippen MR) is 75.9 cm³/mol. The average molecular weight is 315 g/mol. The van der Waals surface area contributed by atoms with Crippen LogP contribution in [0.1, 0.15) is 37.8 Å². The van der Waals surface area contributed by atoms with Gasteiger partial charge in [-0.3, -0.25) is 4.90 Å². The zero-order chi connectivity index (χ0) is 13.1. The van der Waals surface area contributed by atoms with Crippen molar-refractivity contribution in [3.8, 4) is 0 Å². The van der Waals surface area contributed by atoms with Gasteiger partial charge in [-0.2, -0.15) is 0 Å². The molecule has 100 valence electrons. The average Bonchev–Trinajstić information content (AvgIpc) is 2.81. The molecule has 2 nitrogen and oxygen atoms in total. The summed E-state index contributed by atoms with van der Waals surface area (Å²) in [5, 5.41) is 0. The van der Waals surface area contributed by atoms with E-state index in [9.17, 15) is 4.39 Å². The second-order valence-electron chi connectivity index (χ2n) is 4.86. The first-order valence-corrected chi connectivity index (χ1v) is 7.37. The molecule has 0 amide bonds. The van der Waals surface area contributed by atoms with Gasteiger partial charge < -0.3 is 5.73 Å². The number of benzene rings is 1. The summed E-state index contributed by atoms with van der Waals surface area (Å²) >= 11 is 3.46. The quantitative estimate of drug-likeness (QED) is 0.922. The van der Waals surface area contributed by atoms with E-state index in [1.807, 2.05) is 6.07 Å². The van der Waals surface area contributed by atoms with Gasteiger partial charge in [-0.05, 0) is 43.5 Å². The van der Waals surface area contributed by atoms with Crippen LogP contribution in [-0.2, 0) is 0 Å². The fraction of sp³-hybridized carbons (Fsp3) is 0.571. The first-order valence-electron chi connectivity index (χ1n) is 6.58. The van der Waals surface area contributed by atoms with Crippen molar-refractivity contribution in [1.82, 2.24) is 4.90 Å². The van der Waals surface area contributed by atoms with Gasteiger partial charge in [-0.25, -0.2) is 4.39 Å². The number of likely N-dealkylation sites (tertiary alicyclic amines) is 1. The van der Waals surface area contributed by atoms with Crippen LogP contribution in [0.15, 0.2) is 22.7 Å². The van der Waals surface area contributed by atoms with Gasteiger partial charge in [-0.15, -0.1) is 0 Å². The molecule has 2 rings (SSSR count). The van der Waals surface area contributed by atoms with Gasteiger partial charge in [0.2, 0.25) is 0 Å². The molecule has 0 aromatic heterocycles. The molecule has 2 N–H and O–H groups in total. The van der Waals surface area contributed by atoms with Crippen molar-refractivity contribution in [1.29, 1.82) is 0 Å². The fourth-order valence-electron chi connectivity index (χ4n) is 2.92. The lowest BCUT2D eigenvalue weighted by Gasteiger charge is -2.32. The lowest BCUT2D eigenvalue weighted by atomic mass is 10.0. The predicted octanol–water partition coefficient (Wildman–Crippen LogP) is 3.46. The van der Waals surface area contributed by atoms with Gasteiger partial charge in [0.05, 0.1) is 0 Å². The van der Waals surface area contributed by atoms with Crippen LogP contribution in [-0.4, -0.2) is 24.0 Å². The number of nitrogens with zero attached hydrogens (tertiary/aromatic N) is 1. The van der Waals surface area contributed by atoms with Gasteiger partial charge in [0.1, 0.15) is 5.82 Å². The van der Waals surface area contributed by atoms with Crippen molar-refractivity contribution in [3.05, 3.63) is 34.1 Å². The maximum atomic E-state index is 13.2. The Kier molecular flexibility index (Phi) is 4.76. The van der Waals surface area contributed by atoms with Gasteiger partial charge in [-0.1, -0.05) is 28.9 Å². The molecule has 1 aliphatic rings. The summed E-state index contributed by atoms with van der Waals surface area (Å²) in [5.74, 6) is -0.213. The topological polar surface area (TPSA) is 29.3 Å². The third-order valence-electron chi connectivity index (χ3n) is 3.84. The van der Waals surface area contributed by atoms with Crippen molar-refractivity contribution in [2.75, 3.05) is 13.1 Å². The SMILES string of the molecule is CCC1CCCN1C(CN)c1ccc(F)cc1Br. The van der Waals surface area contributed by atoms with E-state index in [1.165, 1.54) is 25.0 Å². The fourth-order valence-corrected chi connectivity index (χ4v) is 3.53. The smallest absolute Gasteiger partial charge is 0.124 e. The molecule has 2 atom stereocenters. The second kappa shape index (κ2) is 6.13. The summed E-state index contributed by atoms with van der Waals surface area (Å²) in [5.41, 5.74) is 7.05. The molecule has 1 aromatic rings. The highest BCUT2D eigenvalue weighted by Gasteiger charge is 2.30. The molecule has 0 spiro atoms. The van der Waals surface area contributed by atoms with Crippen LogP contribution in [0.2, 0.25) is 0 Å². The van der Waals surface area contributed by atoms with Crippen LogP contribution < -0.4 is 5.73 Å². The molecular formula is C14H20BrFN2. The van der Waals surface area contributed by atoms with E-state index in [0.717, 1.165) is 23.0 Å². The molecule has 4 heteroatoms. The maximum Gasteiger partial charge on any atom is 0.124 e. The monoisotopic (exact) mass is 314 g/mol. The lowest BCUT2D eigenvalue weighted by molar-refractivity contribution is 0.180. The van der Waals surface area contributed by atoms with Crippen LogP contribution in [0.3, 0.4) is 0 Å². The molecule has 0 saturated carbocycles. The molecule has 0 radical (unpaired) electrons. The molecule has 1 heterocycles. The number of nitrogens with two attached hydrogens (primary N) is 1. The summed E-state index contributed by atoms with van der Waals surface area (Å²) < 4.78 is 14.0. The Morgan fingerprint density at radius 3 is 2.94 bits per heavy atom. The molecule has 1 aliphatic heterocycles. The standard InChI is InChI=1S/C14H20BrFN2/c1-2-11-4-3-7-18(11)14(9-17)12-6-5-10(16)8-13(12)15/h5-6,8,11,14H,2-4,7,9,17H2,1H3. The van der Waals surface area contributed by atoms with Crippen LogP contribution in [0.25, 0.3) is 0 Å². The van der Waals surface area contributed by atoms with E-state index in [4.69, 9.17) is 5.73 Å². The molecule has 18 heavy (non-hydrogen) atoms. The Labute approximate surface area is 116 Å². The molecule has 1 fully saturated rings. The van der Waals surface area contributed by atoms with Crippen molar-refractivity contribution >= 4 is 15.9 Å². The third kappa shape index (κ3) is 2.76. The highest BCUT2D eigenvalue weighted by atomic mass is 79.9. The molecular weight excluding hydrogens is 295 g/mol. The van der Waals surface area contributed by atoms with Crippen molar-refractivity contribution in [3.63, 3.8) is 0 Å². The van der Waals surface area contributed by atoms with Crippen LogP contribution in [0.5, 0.6) is 0 Å². The van der Waals surface area contributed by atoms with Gasteiger partial charge in [0.15, 0.2) is 0 Å². The molecule has 2 unspecified atom stereocenters. The highest BCUT2D eigenvalue weighted by Crippen LogP contribution is 2.33. The molecule has 1 aromatic carbocycles. The minimum absolute atomic E-state index is 0.187. The van der Waals surface area contributed by atoms with Crippen LogP contribution in [0, 0.1) is 5.82 Å². The van der Waals surface area contributed by atoms with E-state index < -0.39 is 0 Å². The summed E-state index contributed by atoms with van der Waals surface area (Å²) in [6, 6.07) is 5.68. The lowest BCUT2D eigenvalue weighted by Crippen LogP contribution is -2.37. The Bertz CT molecular complexity index is 411. The largest absolute Gasteiger partial charge is 0.329 e. The zero-order valence-corrected chi connectivity index (χ0v) is 12.3. The van der Waals surface area contributed by atoms with Gasteiger partial charge >= 0.3 is 0 Å². The maximum absolute atomic E-state index is 13.2. The molecule has 0 bridgehead atoms. The summed E-state index contributed by atoms with van der Waals surface area (Å²) in [4.78, 5) is 2.47. The van der Waals surface area contributed by atoms with Gasteiger partial charge in [0, 0.05) is 23.1 Å². The van der Waals surface area contributed by atoms with Crippen molar-refractivity contribution < 1.29 is 4.39 Å². The Hall–Kier alpha value is -0.450. The Morgan fingerprint density at radius 1 is 1.56 bits per heavy atom. The highest BCUT2D eigenvalue weighted by molar-refractivity contribution is 9.10. The number of rotatable bonds is 4. The van der Waals surface area contributed by atoms with E-state index in [-0.39, 0.29) is 11.9 Å². The first-order chi connectivity index (χ1) is 8.67. The first kappa shape index (κ1) is 14.0. The molecule has 0 aliphatic carbocycles. The van der Waals surface area contributed by atoms with Crippen molar-refractivity contribution in [2.24, 2.45) is 5.73 Å². The molecule has 1 saturated heterocycles. The number of halogens is 2. The number of hydrogen-bond acceptors (Lipinski definition) is 2. The van der Waals surface area contributed by atoms with E-state index >= 15 is 0 Å². The van der Waals surface area contributed by atoms with Crippen LogP contribution >= 0.6 is 15.9 Å². The van der Waals surface area contributed by atoms with E-state index in [2.05, 4.69) is 27.8 Å². The summed E-state index contributed by atoms with van der Waals surface area (Å²) in [6.45, 7) is 3.88. The van der Waals surface area contributed by atoms with E-state index in [1.54, 1.807) is 0 Å². The van der Waals surface area contributed by atoms with Crippen molar-refractivity contribution in [2.45, 2.75) is 38.3 Å². The second-order valence-corrected chi connectivity index (χ2v) is 5.71. The zero-order valence-electron chi connectivity index (χ0n) is 10.7. The van der Waals surface area contributed by atoms with E-state index in [0.29, 0.717) is 12.6 Å². The summed E-state index contributed by atoms with van der Waals surface area (Å²) in [6.07, 6.45) is 3.62. The van der Waals surface area contributed by atoms with Crippen LogP contribution in [0.4, 0.5) is 4.39 Å². The Morgan fingerprint density at radius 2 is 2.33 bits per heavy atom. The van der Waals surface area contributed by atoms with Gasteiger partial charge in [0.25, 0.3) is 0 Å².